The van der Waals surface area contributed by atoms with E-state index in [2.05, 4.69) is 10.6 Å². The fourth-order valence-electron chi connectivity index (χ4n) is 3.94. The molecule has 0 radical (unpaired) electrons. The molecule has 0 bridgehead atoms. The van der Waals surface area contributed by atoms with Crippen LogP contribution in [0.3, 0.4) is 0 Å². The maximum absolute atomic E-state index is 13.9. The van der Waals surface area contributed by atoms with Crippen molar-refractivity contribution in [1.82, 2.24) is 15.5 Å². The van der Waals surface area contributed by atoms with Crippen LogP contribution in [0.1, 0.15) is 38.3 Å². The van der Waals surface area contributed by atoms with Gasteiger partial charge in [0.15, 0.2) is 11.6 Å². The standard InChI is InChI=1S/C22H27F2N3O5/c1-3-31-20(28)13-7-9-27(10-8-13)12-17-18(21(29)32-4-2)19(26-22(30)25-17)14-5-6-15(23)16(24)11-14/h5-6,11,13,19H,3-4,7-10,12H2,1-2H3,(H2,25,26,30)/t19-/m0/s1. The van der Waals surface area contributed by atoms with Crippen LogP contribution in [0.15, 0.2) is 29.5 Å². The monoisotopic (exact) mass is 451 g/mol. The van der Waals surface area contributed by atoms with Crippen LogP contribution >= 0.6 is 0 Å². The highest BCUT2D eigenvalue weighted by Crippen LogP contribution is 2.30. The van der Waals surface area contributed by atoms with Gasteiger partial charge in [0.05, 0.1) is 30.7 Å². The summed E-state index contributed by atoms with van der Waals surface area (Å²) in [5.74, 6) is -3.16. The zero-order valence-electron chi connectivity index (χ0n) is 18.1. The quantitative estimate of drug-likeness (QED) is 0.618. The largest absolute Gasteiger partial charge is 0.466 e. The summed E-state index contributed by atoms with van der Waals surface area (Å²) in [5, 5.41) is 5.26. The topological polar surface area (TPSA) is 97.0 Å². The lowest BCUT2D eigenvalue weighted by atomic mass is 9.93. The Morgan fingerprint density at radius 2 is 1.78 bits per heavy atom. The van der Waals surface area contributed by atoms with Gasteiger partial charge in [-0.05, 0) is 57.5 Å². The minimum atomic E-state index is -1.08. The van der Waals surface area contributed by atoms with E-state index in [-0.39, 0.29) is 36.2 Å². The fraction of sp³-hybridized carbons (Fsp3) is 0.500. The normalized spacial score (nSPS) is 19.9. The number of amides is 2. The van der Waals surface area contributed by atoms with Crippen LogP contribution in [-0.2, 0) is 19.1 Å². The predicted octanol–water partition coefficient (Wildman–Crippen LogP) is 2.41. The van der Waals surface area contributed by atoms with E-state index in [0.29, 0.717) is 38.2 Å². The summed E-state index contributed by atoms with van der Waals surface area (Å²) in [6, 6.07) is 1.65. The van der Waals surface area contributed by atoms with Gasteiger partial charge < -0.3 is 20.1 Å². The van der Waals surface area contributed by atoms with E-state index >= 15 is 0 Å². The lowest BCUT2D eigenvalue weighted by Gasteiger charge is -2.35. The number of urea groups is 1. The van der Waals surface area contributed by atoms with E-state index in [4.69, 9.17) is 9.47 Å². The molecule has 2 aliphatic rings. The van der Waals surface area contributed by atoms with Crippen molar-refractivity contribution in [2.75, 3.05) is 32.8 Å². The number of hydrogen-bond acceptors (Lipinski definition) is 6. The molecule has 10 heteroatoms. The van der Waals surface area contributed by atoms with Crippen molar-refractivity contribution in [3.63, 3.8) is 0 Å². The second kappa shape index (κ2) is 10.5. The van der Waals surface area contributed by atoms with Crippen molar-refractivity contribution in [3.05, 3.63) is 46.7 Å². The summed E-state index contributed by atoms with van der Waals surface area (Å²) in [4.78, 5) is 39.1. The van der Waals surface area contributed by atoms with Crippen molar-refractivity contribution in [1.29, 1.82) is 0 Å². The van der Waals surface area contributed by atoms with Crippen LogP contribution < -0.4 is 10.6 Å². The molecule has 0 aliphatic carbocycles. The summed E-state index contributed by atoms with van der Waals surface area (Å²) in [6.07, 6.45) is 1.19. The molecule has 0 unspecified atom stereocenters. The van der Waals surface area contributed by atoms with E-state index in [0.717, 1.165) is 12.1 Å². The lowest BCUT2D eigenvalue weighted by molar-refractivity contribution is -0.149. The number of piperidine rings is 1. The maximum Gasteiger partial charge on any atom is 0.338 e. The number of esters is 2. The van der Waals surface area contributed by atoms with Gasteiger partial charge in [-0.3, -0.25) is 9.69 Å². The average Bonchev–Trinajstić information content (AvgIpc) is 2.76. The first-order chi connectivity index (χ1) is 15.3. The third kappa shape index (κ3) is 5.42. The van der Waals surface area contributed by atoms with E-state index in [9.17, 15) is 23.2 Å². The molecule has 0 aromatic heterocycles. The van der Waals surface area contributed by atoms with E-state index < -0.39 is 29.7 Å². The number of hydrogen-bond donors (Lipinski definition) is 2. The first-order valence-corrected chi connectivity index (χ1v) is 10.7. The number of carbonyl (C=O) groups is 3. The Bertz CT molecular complexity index is 913. The number of ether oxygens (including phenoxy) is 2. The van der Waals surface area contributed by atoms with Crippen LogP contribution in [-0.4, -0.2) is 55.7 Å². The third-order valence-electron chi connectivity index (χ3n) is 5.52. The maximum atomic E-state index is 13.9. The smallest absolute Gasteiger partial charge is 0.338 e. The van der Waals surface area contributed by atoms with Crippen LogP contribution in [0.2, 0.25) is 0 Å². The summed E-state index contributed by atoms with van der Waals surface area (Å²) in [7, 11) is 0. The number of carbonyl (C=O) groups excluding carboxylic acids is 3. The minimum absolute atomic E-state index is 0.110. The third-order valence-corrected chi connectivity index (χ3v) is 5.52. The highest BCUT2D eigenvalue weighted by molar-refractivity contribution is 5.95. The van der Waals surface area contributed by atoms with E-state index in [1.807, 2.05) is 4.90 Å². The first-order valence-electron chi connectivity index (χ1n) is 10.7. The average molecular weight is 451 g/mol. The van der Waals surface area contributed by atoms with Crippen molar-refractivity contribution >= 4 is 18.0 Å². The van der Waals surface area contributed by atoms with Gasteiger partial charge in [-0.25, -0.2) is 18.4 Å². The highest BCUT2D eigenvalue weighted by atomic mass is 19.2. The lowest BCUT2D eigenvalue weighted by Crippen LogP contribution is -2.49. The van der Waals surface area contributed by atoms with Crippen LogP contribution in [0.4, 0.5) is 13.6 Å². The molecule has 1 aromatic carbocycles. The van der Waals surface area contributed by atoms with Gasteiger partial charge in [0.1, 0.15) is 0 Å². The molecule has 3 rings (SSSR count). The summed E-state index contributed by atoms with van der Waals surface area (Å²) < 4.78 is 37.5. The molecule has 8 nitrogen and oxygen atoms in total. The van der Waals surface area contributed by atoms with Crippen molar-refractivity contribution in [3.8, 4) is 0 Å². The van der Waals surface area contributed by atoms with Crippen molar-refractivity contribution < 1.29 is 32.6 Å². The Labute approximate surface area is 184 Å². The molecule has 1 saturated heterocycles. The Balaban J connectivity index is 1.86. The van der Waals surface area contributed by atoms with Crippen LogP contribution in [0, 0.1) is 17.6 Å². The van der Waals surface area contributed by atoms with Gasteiger partial charge in [0.25, 0.3) is 0 Å². The number of benzene rings is 1. The molecular formula is C22H27F2N3O5. The molecule has 2 heterocycles. The Morgan fingerprint density at radius 1 is 1.09 bits per heavy atom. The summed E-state index contributed by atoms with van der Waals surface area (Å²) >= 11 is 0. The van der Waals surface area contributed by atoms with Gasteiger partial charge >= 0.3 is 18.0 Å². The van der Waals surface area contributed by atoms with Gasteiger partial charge in [0.2, 0.25) is 0 Å². The first kappa shape index (κ1) is 23.6. The number of nitrogens with one attached hydrogen (secondary N) is 2. The summed E-state index contributed by atoms with van der Waals surface area (Å²) in [6.45, 7) is 5.24. The number of likely N-dealkylation sites (tertiary alicyclic amines) is 1. The molecule has 1 atom stereocenters. The summed E-state index contributed by atoms with van der Waals surface area (Å²) in [5.41, 5.74) is 0.682. The molecule has 0 saturated carbocycles. The number of halogens is 2. The molecule has 2 amide bonds. The molecule has 32 heavy (non-hydrogen) atoms. The van der Waals surface area contributed by atoms with Crippen LogP contribution in [0.5, 0.6) is 0 Å². The molecular weight excluding hydrogens is 424 g/mol. The van der Waals surface area contributed by atoms with E-state index in [1.54, 1.807) is 13.8 Å². The van der Waals surface area contributed by atoms with E-state index in [1.165, 1.54) is 6.07 Å². The molecule has 174 valence electrons. The SMILES string of the molecule is CCOC(=O)C1=C(CN2CCC(C(=O)OCC)CC2)NC(=O)N[C@H]1c1ccc(F)c(F)c1. The molecule has 2 aliphatic heterocycles. The van der Waals surface area contributed by atoms with Gasteiger partial charge in [0, 0.05) is 12.2 Å². The van der Waals surface area contributed by atoms with Gasteiger partial charge in [-0.1, -0.05) is 6.07 Å². The van der Waals surface area contributed by atoms with Gasteiger partial charge in [-0.2, -0.15) is 0 Å². The Morgan fingerprint density at radius 3 is 2.41 bits per heavy atom. The number of rotatable bonds is 7. The zero-order valence-corrected chi connectivity index (χ0v) is 18.1. The zero-order chi connectivity index (χ0) is 23.3. The van der Waals surface area contributed by atoms with Crippen molar-refractivity contribution in [2.24, 2.45) is 5.92 Å². The predicted molar refractivity (Wildman–Crippen MR) is 110 cm³/mol. The molecule has 2 N–H and O–H groups in total. The fourth-order valence-corrected chi connectivity index (χ4v) is 3.94. The van der Waals surface area contributed by atoms with Crippen molar-refractivity contribution in [2.45, 2.75) is 32.7 Å². The number of nitrogens with zero attached hydrogens (tertiary/aromatic N) is 1. The molecule has 1 aromatic rings. The minimum Gasteiger partial charge on any atom is -0.466 e. The highest BCUT2D eigenvalue weighted by Gasteiger charge is 2.35. The molecule has 0 spiro atoms. The second-order valence-electron chi connectivity index (χ2n) is 7.62. The Hall–Kier alpha value is -3.01. The van der Waals surface area contributed by atoms with Gasteiger partial charge in [-0.15, -0.1) is 0 Å². The Kier molecular flexibility index (Phi) is 7.79. The van der Waals surface area contributed by atoms with Crippen LogP contribution in [0.25, 0.3) is 0 Å². The molecule has 1 fully saturated rings. The second-order valence-corrected chi connectivity index (χ2v) is 7.62.